The molecule has 5 nitrogen and oxygen atoms in total. The number of rotatable bonds is 0. The molecule has 0 bridgehead atoms. The van der Waals surface area contributed by atoms with Crippen LogP contribution in [0.25, 0.3) is 0 Å². The van der Waals surface area contributed by atoms with E-state index in [-0.39, 0.29) is 12.1 Å². The predicted octanol–water partition coefficient (Wildman–Crippen LogP) is 0.540. The Hall–Kier alpha value is -1.20. The second-order valence-electron chi connectivity index (χ2n) is 2.41. The molecule has 0 aromatic heterocycles. The maximum absolute atomic E-state index is 8.78. The van der Waals surface area contributed by atoms with Crippen molar-refractivity contribution in [1.29, 1.82) is 5.41 Å². The summed E-state index contributed by atoms with van der Waals surface area (Å²) < 4.78 is 4.93. The van der Waals surface area contributed by atoms with Gasteiger partial charge < -0.3 is 15.6 Å². The lowest BCUT2D eigenvalue weighted by molar-refractivity contribution is -0.00535. The van der Waals surface area contributed by atoms with Crippen LogP contribution in [0.2, 0.25) is 0 Å². The average Bonchev–Trinajstić information content (AvgIpc) is 2.23. The van der Waals surface area contributed by atoms with Gasteiger partial charge in [0.2, 0.25) is 5.96 Å². The summed E-state index contributed by atoms with van der Waals surface area (Å²) in [5.74, 6) is -0.231. The SMILES string of the molecule is C=C.C=NC(=N)N.OC1CCCOC1. The van der Waals surface area contributed by atoms with Crippen LogP contribution in [0.3, 0.4) is 0 Å². The number of nitrogens with one attached hydrogen (secondary N) is 1. The van der Waals surface area contributed by atoms with Gasteiger partial charge in [0.15, 0.2) is 0 Å². The molecule has 0 amide bonds. The van der Waals surface area contributed by atoms with Gasteiger partial charge in [-0.15, -0.1) is 13.2 Å². The van der Waals surface area contributed by atoms with Gasteiger partial charge in [0.05, 0.1) is 12.7 Å². The van der Waals surface area contributed by atoms with Crippen molar-refractivity contribution in [2.75, 3.05) is 13.2 Å². The van der Waals surface area contributed by atoms with Gasteiger partial charge in [-0.1, -0.05) is 0 Å². The van der Waals surface area contributed by atoms with Crippen molar-refractivity contribution >= 4 is 12.7 Å². The van der Waals surface area contributed by atoms with Crippen molar-refractivity contribution in [3.8, 4) is 0 Å². The average molecular weight is 201 g/mol. The molecule has 4 N–H and O–H groups in total. The normalized spacial score (nSPS) is 19.1. The van der Waals surface area contributed by atoms with E-state index in [1.165, 1.54) is 0 Å². The summed E-state index contributed by atoms with van der Waals surface area (Å²) in [4.78, 5) is 3.00. The first-order chi connectivity index (χ1) is 6.66. The third kappa shape index (κ3) is 13.4. The number of nitrogens with two attached hydrogens (primary N) is 1. The van der Waals surface area contributed by atoms with Gasteiger partial charge in [-0.3, -0.25) is 5.41 Å². The highest BCUT2D eigenvalue weighted by Crippen LogP contribution is 2.03. The van der Waals surface area contributed by atoms with Crippen molar-refractivity contribution in [3.63, 3.8) is 0 Å². The Balaban J connectivity index is 0. The molecular formula is C9H19N3O2. The van der Waals surface area contributed by atoms with Crippen LogP contribution < -0.4 is 5.73 Å². The number of aliphatic imine (C=N–C) groups is 1. The Bertz CT molecular complexity index is 156. The maximum Gasteiger partial charge on any atom is 0.211 e. The number of aliphatic hydroxyl groups excluding tert-OH is 1. The second-order valence-corrected chi connectivity index (χ2v) is 2.41. The van der Waals surface area contributed by atoms with Crippen molar-refractivity contribution in [2.45, 2.75) is 18.9 Å². The molecule has 1 saturated heterocycles. The fourth-order valence-corrected chi connectivity index (χ4v) is 0.724. The minimum Gasteiger partial charge on any atom is -0.391 e. The summed E-state index contributed by atoms with van der Waals surface area (Å²) in [6.45, 7) is 10.3. The lowest BCUT2D eigenvalue weighted by atomic mass is 10.2. The molecule has 1 fully saturated rings. The zero-order valence-corrected chi connectivity index (χ0v) is 8.41. The summed E-state index contributed by atoms with van der Waals surface area (Å²) >= 11 is 0. The van der Waals surface area contributed by atoms with Gasteiger partial charge in [-0.2, -0.15) is 0 Å². The van der Waals surface area contributed by atoms with Gasteiger partial charge in [0.25, 0.3) is 0 Å². The topological polar surface area (TPSA) is 91.7 Å². The Kier molecular flexibility index (Phi) is 12.9. The Morgan fingerprint density at radius 3 is 2.21 bits per heavy atom. The van der Waals surface area contributed by atoms with Gasteiger partial charge in [0, 0.05) is 6.61 Å². The van der Waals surface area contributed by atoms with Crippen LogP contribution in [0.5, 0.6) is 0 Å². The van der Waals surface area contributed by atoms with Crippen LogP contribution >= 0.6 is 0 Å². The zero-order valence-electron chi connectivity index (χ0n) is 8.41. The van der Waals surface area contributed by atoms with Crippen molar-refractivity contribution < 1.29 is 9.84 Å². The van der Waals surface area contributed by atoms with E-state index in [1.54, 1.807) is 0 Å². The van der Waals surface area contributed by atoms with E-state index in [1.807, 2.05) is 0 Å². The van der Waals surface area contributed by atoms with Crippen LogP contribution in [0.1, 0.15) is 12.8 Å². The van der Waals surface area contributed by atoms with Gasteiger partial charge in [-0.25, -0.2) is 4.99 Å². The Morgan fingerprint density at radius 2 is 2.07 bits per heavy atom. The fourth-order valence-electron chi connectivity index (χ4n) is 0.724. The highest BCUT2D eigenvalue weighted by Gasteiger charge is 2.07. The van der Waals surface area contributed by atoms with Crippen molar-refractivity contribution in [3.05, 3.63) is 13.2 Å². The first-order valence-electron chi connectivity index (χ1n) is 4.23. The van der Waals surface area contributed by atoms with Gasteiger partial charge in [-0.05, 0) is 19.6 Å². The highest BCUT2D eigenvalue weighted by molar-refractivity contribution is 5.78. The van der Waals surface area contributed by atoms with E-state index in [0.29, 0.717) is 6.61 Å². The molecule has 0 radical (unpaired) electrons. The maximum atomic E-state index is 8.78. The Morgan fingerprint density at radius 1 is 1.57 bits per heavy atom. The summed E-state index contributed by atoms with van der Waals surface area (Å²) in [5.41, 5.74) is 4.65. The van der Waals surface area contributed by atoms with Crippen LogP contribution in [-0.4, -0.2) is 37.1 Å². The lowest BCUT2D eigenvalue weighted by Crippen LogP contribution is -2.21. The van der Waals surface area contributed by atoms with Gasteiger partial charge >= 0.3 is 0 Å². The number of guanidine groups is 1. The molecule has 1 atom stereocenters. The van der Waals surface area contributed by atoms with Crippen LogP contribution in [0.15, 0.2) is 18.2 Å². The third-order valence-corrected chi connectivity index (χ3v) is 1.31. The van der Waals surface area contributed by atoms with Crippen LogP contribution in [0.4, 0.5) is 0 Å². The second kappa shape index (κ2) is 11.8. The smallest absolute Gasteiger partial charge is 0.211 e. The van der Waals surface area contributed by atoms with E-state index in [4.69, 9.17) is 15.3 Å². The Labute approximate surface area is 84.8 Å². The fraction of sp³-hybridized carbons (Fsp3) is 0.556. The molecule has 14 heavy (non-hydrogen) atoms. The number of hydrogen-bond acceptors (Lipinski definition) is 3. The first kappa shape index (κ1) is 15.3. The van der Waals surface area contributed by atoms with E-state index in [9.17, 15) is 0 Å². The molecule has 0 aromatic rings. The molecule has 0 aliphatic carbocycles. The largest absolute Gasteiger partial charge is 0.391 e. The summed E-state index contributed by atoms with van der Waals surface area (Å²) in [6, 6.07) is 0. The molecule has 5 heteroatoms. The molecule has 0 spiro atoms. The van der Waals surface area contributed by atoms with Crippen molar-refractivity contribution in [2.24, 2.45) is 10.7 Å². The number of nitrogens with zero attached hydrogens (tertiary/aromatic N) is 1. The quantitative estimate of drug-likeness (QED) is 0.303. The molecule has 1 aliphatic heterocycles. The first-order valence-corrected chi connectivity index (χ1v) is 4.23. The monoisotopic (exact) mass is 201 g/mol. The van der Waals surface area contributed by atoms with E-state index in [0.717, 1.165) is 19.4 Å². The molecule has 1 aliphatic rings. The lowest BCUT2D eigenvalue weighted by Gasteiger charge is -2.15. The number of ether oxygens (including phenoxy) is 1. The van der Waals surface area contributed by atoms with Gasteiger partial charge in [0.1, 0.15) is 0 Å². The molecule has 1 rings (SSSR count). The summed E-state index contributed by atoms with van der Waals surface area (Å²) in [5, 5.41) is 15.1. The molecule has 1 unspecified atom stereocenters. The molecule has 0 aromatic carbocycles. The van der Waals surface area contributed by atoms with E-state index in [2.05, 4.69) is 30.6 Å². The molecule has 82 valence electrons. The standard InChI is InChI=1S/C5H10O2.C2H5N3.C2H4/c6-5-2-1-3-7-4-5;1-5-2(3)4;1-2/h5-6H,1-4H2;1H2,(H3,3,4);1-2H2. The van der Waals surface area contributed by atoms with Crippen LogP contribution in [-0.2, 0) is 4.74 Å². The van der Waals surface area contributed by atoms with E-state index < -0.39 is 0 Å². The summed E-state index contributed by atoms with van der Waals surface area (Å²) in [6.07, 6.45) is 1.75. The predicted molar refractivity (Wildman–Crippen MR) is 58.8 cm³/mol. The minimum atomic E-state index is -0.231. The summed E-state index contributed by atoms with van der Waals surface area (Å²) in [7, 11) is 0. The zero-order chi connectivity index (χ0) is 11.4. The van der Waals surface area contributed by atoms with Crippen LogP contribution in [0, 0.1) is 5.41 Å². The minimum absolute atomic E-state index is 0.186. The number of hydrogen-bond donors (Lipinski definition) is 3. The third-order valence-electron chi connectivity index (χ3n) is 1.31. The van der Waals surface area contributed by atoms with E-state index >= 15 is 0 Å². The molecule has 0 saturated carbocycles. The van der Waals surface area contributed by atoms with Crippen molar-refractivity contribution in [1.82, 2.24) is 0 Å². The molecular weight excluding hydrogens is 182 g/mol. The number of aliphatic hydroxyl groups is 1. The highest BCUT2D eigenvalue weighted by atomic mass is 16.5. The molecule has 1 heterocycles.